The molecule has 0 spiro atoms. The van der Waals surface area contributed by atoms with Gasteiger partial charge in [0.25, 0.3) is 10.0 Å². The molecule has 0 unspecified atom stereocenters. The standard InChI is InChI=1S/C24H38N4O6S/c1-17-12-14-19(15-13-17)35(32,33)28-22(26-18-9-6-5-7-10-18)25-16-8-11-20(21(29)30)27-23(31)34-24(2,3)4/h12-15,18,20H,5-11,16H2,1-4H3,(H,27,31)(H,29,30)(H2,25,26,28)/t20-/m0/s1. The van der Waals surface area contributed by atoms with Crippen molar-refractivity contribution in [1.29, 1.82) is 0 Å². The molecule has 0 aromatic heterocycles. The number of carbonyl (C=O) groups excluding carboxylic acids is 1. The molecule has 0 radical (unpaired) electrons. The third-order valence-corrected chi connectivity index (χ3v) is 6.77. The van der Waals surface area contributed by atoms with Gasteiger partial charge in [0.1, 0.15) is 11.6 Å². The lowest BCUT2D eigenvalue weighted by molar-refractivity contribution is -0.139. The van der Waals surface area contributed by atoms with Gasteiger partial charge in [0, 0.05) is 12.6 Å². The van der Waals surface area contributed by atoms with Crippen LogP contribution in [0.1, 0.15) is 71.3 Å². The van der Waals surface area contributed by atoms with Crippen LogP contribution in [0.15, 0.2) is 34.2 Å². The molecule has 1 fully saturated rings. The van der Waals surface area contributed by atoms with Crippen LogP contribution in [0.25, 0.3) is 0 Å². The molecule has 1 aliphatic carbocycles. The van der Waals surface area contributed by atoms with Gasteiger partial charge in [-0.1, -0.05) is 37.0 Å². The summed E-state index contributed by atoms with van der Waals surface area (Å²) < 4.78 is 33.5. The summed E-state index contributed by atoms with van der Waals surface area (Å²) in [6, 6.07) is 5.50. The van der Waals surface area contributed by atoms with E-state index in [1.807, 2.05) is 6.92 Å². The third kappa shape index (κ3) is 10.5. The van der Waals surface area contributed by atoms with Crippen LogP contribution in [0.3, 0.4) is 0 Å². The molecule has 0 heterocycles. The van der Waals surface area contributed by atoms with E-state index < -0.39 is 33.7 Å². The van der Waals surface area contributed by atoms with Crippen LogP contribution in [0.5, 0.6) is 0 Å². The number of hydrogen-bond acceptors (Lipinski definition) is 6. The maximum absolute atomic E-state index is 12.9. The van der Waals surface area contributed by atoms with Gasteiger partial charge in [0.15, 0.2) is 0 Å². The zero-order chi connectivity index (χ0) is 26.1. The van der Waals surface area contributed by atoms with E-state index in [-0.39, 0.29) is 29.9 Å². The van der Waals surface area contributed by atoms with Crippen molar-refractivity contribution in [1.82, 2.24) is 15.4 Å². The number of sulfonamides is 1. The highest BCUT2D eigenvalue weighted by atomic mass is 32.2. The number of ether oxygens (including phenoxy) is 1. The smallest absolute Gasteiger partial charge is 0.408 e. The fourth-order valence-electron chi connectivity index (χ4n) is 3.64. The zero-order valence-electron chi connectivity index (χ0n) is 21.0. The van der Waals surface area contributed by atoms with Crippen molar-refractivity contribution in [2.75, 3.05) is 6.54 Å². The van der Waals surface area contributed by atoms with Gasteiger partial charge in [-0.05, 0) is 65.5 Å². The molecule has 0 aliphatic heterocycles. The summed E-state index contributed by atoms with van der Waals surface area (Å²) in [6.45, 7) is 7.12. The molecule has 196 valence electrons. The number of rotatable bonds is 9. The van der Waals surface area contributed by atoms with E-state index in [1.54, 1.807) is 32.9 Å². The quantitative estimate of drug-likeness (QED) is 0.226. The van der Waals surface area contributed by atoms with Crippen LogP contribution in [0.4, 0.5) is 4.79 Å². The molecule has 1 atom stereocenters. The van der Waals surface area contributed by atoms with Gasteiger partial charge in [-0.2, -0.15) is 0 Å². The van der Waals surface area contributed by atoms with Crippen LogP contribution in [0, 0.1) is 6.92 Å². The van der Waals surface area contributed by atoms with Crippen molar-refractivity contribution in [3.05, 3.63) is 29.8 Å². The number of benzene rings is 1. The highest BCUT2D eigenvalue weighted by molar-refractivity contribution is 7.90. The Morgan fingerprint density at radius 3 is 2.34 bits per heavy atom. The minimum atomic E-state index is -3.84. The summed E-state index contributed by atoms with van der Waals surface area (Å²) in [7, 11) is -3.84. The molecule has 4 N–H and O–H groups in total. The molecule has 1 aromatic rings. The third-order valence-electron chi connectivity index (χ3n) is 5.42. The highest BCUT2D eigenvalue weighted by Crippen LogP contribution is 2.17. The minimum absolute atomic E-state index is 0.111. The van der Waals surface area contributed by atoms with E-state index in [1.165, 1.54) is 12.1 Å². The molecule has 1 amide bonds. The van der Waals surface area contributed by atoms with Gasteiger partial charge in [-0.25, -0.2) is 22.7 Å². The molecule has 35 heavy (non-hydrogen) atoms. The normalized spacial score (nSPS) is 16.3. The lowest BCUT2D eigenvalue weighted by Crippen LogP contribution is -2.46. The van der Waals surface area contributed by atoms with Gasteiger partial charge < -0.3 is 20.5 Å². The summed E-state index contributed by atoms with van der Waals surface area (Å²) in [6.07, 6.45) is 4.74. The number of amides is 1. The fourth-order valence-corrected chi connectivity index (χ4v) is 4.64. The Hall–Kier alpha value is -2.82. The molecule has 0 bridgehead atoms. The first-order valence-corrected chi connectivity index (χ1v) is 13.5. The van der Waals surface area contributed by atoms with E-state index in [2.05, 4.69) is 20.3 Å². The summed E-state index contributed by atoms with van der Waals surface area (Å²) in [5.41, 5.74) is 0.206. The van der Waals surface area contributed by atoms with Crippen LogP contribution in [-0.4, -0.2) is 55.8 Å². The van der Waals surface area contributed by atoms with E-state index in [9.17, 15) is 23.1 Å². The summed E-state index contributed by atoms with van der Waals surface area (Å²) in [5.74, 6) is -1.04. The van der Waals surface area contributed by atoms with E-state index in [0.29, 0.717) is 6.42 Å². The number of carboxylic acid groups (broad SMARTS) is 1. The van der Waals surface area contributed by atoms with Gasteiger partial charge in [-0.3, -0.25) is 4.99 Å². The van der Waals surface area contributed by atoms with Gasteiger partial charge in [0.2, 0.25) is 5.96 Å². The van der Waals surface area contributed by atoms with Crippen LogP contribution in [-0.2, 0) is 19.6 Å². The summed E-state index contributed by atoms with van der Waals surface area (Å²) in [5, 5.41) is 15.0. The van der Waals surface area contributed by atoms with Crippen molar-refractivity contribution in [3.8, 4) is 0 Å². The Kier molecular flexibility index (Phi) is 10.4. The Bertz CT molecular complexity index is 980. The maximum atomic E-state index is 12.9. The average molecular weight is 511 g/mol. The SMILES string of the molecule is Cc1ccc(S(=O)(=O)NC(=NCCC[C@H](NC(=O)OC(C)(C)C)C(=O)O)NC2CCCCC2)cc1. The van der Waals surface area contributed by atoms with Gasteiger partial charge in [-0.15, -0.1) is 0 Å². The largest absolute Gasteiger partial charge is 0.480 e. The second-order valence-electron chi connectivity index (χ2n) is 9.81. The number of carboxylic acids is 1. The Labute approximate surface area is 208 Å². The highest BCUT2D eigenvalue weighted by Gasteiger charge is 2.24. The first-order valence-electron chi connectivity index (χ1n) is 12.0. The first-order chi connectivity index (χ1) is 16.4. The van der Waals surface area contributed by atoms with Crippen LogP contribution in [0.2, 0.25) is 0 Å². The number of guanidine groups is 1. The monoisotopic (exact) mass is 510 g/mol. The number of nitrogens with zero attached hydrogens (tertiary/aromatic N) is 1. The van der Waals surface area contributed by atoms with Crippen molar-refractivity contribution in [2.24, 2.45) is 4.99 Å². The number of alkyl carbamates (subject to hydrolysis) is 1. The summed E-state index contributed by atoms with van der Waals surface area (Å²) in [4.78, 5) is 28.0. The molecular formula is C24H38N4O6S. The van der Waals surface area contributed by atoms with Crippen LogP contribution >= 0.6 is 0 Å². The number of aliphatic carboxylic acids is 1. The molecule has 1 aliphatic rings. The van der Waals surface area contributed by atoms with Gasteiger partial charge >= 0.3 is 12.1 Å². The number of nitrogens with one attached hydrogen (secondary N) is 3. The van der Waals surface area contributed by atoms with Crippen molar-refractivity contribution < 1.29 is 27.9 Å². The van der Waals surface area contributed by atoms with E-state index in [4.69, 9.17) is 4.74 Å². The average Bonchev–Trinajstić information content (AvgIpc) is 2.75. The van der Waals surface area contributed by atoms with Gasteiger partial charge in [0.05, 0.1) is 4.90 Å². The first kappa shape index (κ1) is 28.4. The van der Waals surface area contributed by atoms with Crippen molar-refractivity contribution in [3.63, 3.8) is 0 Å². The van der Waals surface area contributed by atoms with Crippen molar-refractivity contribution in [2.45, 2.75) is 95.2 Å². The topological polar surface area (TPSA) is 146 Å². The van der Waals surface area contributed by atoms with E-state index in [0.717, 1.165) is 37.7 Å². The number of aryl methyl sites for hydroxylation is 1. The molecule has 0 saturated heterocycles. The number of hydrogen-bond donors (Lipinski definition) is 4. The Morgan fingerprint density at radius 1 is 1.14 bits per heavy atom. The predicted molar refractivity (Wildman–Crippen MR) is 134 cm³/mol. The molecule has 10 nitrogen and oxygen atoms in total. The molecule has 11 heteroatoms. The molecular weight excluding hydrogens is 472 g/mol. The lowest BCUT2D eigenvalue weighted by Gasteiger charge is -2.25. The number of carbonyl (C=O) groups is 2. The van der Waals surface area contributed by atoms with Crippen LogP contribution < -0.4 is 15.4 Å². The maximum Gasteiger partial charge on any atom is 0.408 e. The Balaban J connectivity index is 2.04. The molecule has 1 aromatic carbocycles. The minimum Gasteiger partial charge on any atom is -0.480 e. The van der Waals surface area contributed by atoms with E-state index >= 15 is 0 Å². The molecule has 1 saturated carbocycles. The Morgan fingerprint density at radius 2 is 1.77 bits per heavy atom. The number of aliphatic imine (C=N–C) groups is 1. The lowest BCUT2D eigenvalue weighted by atomic mass is 9.96. The second kappa shape index (κ2) is 12.8. The predicted octanol–water partition coefficient (Wildman–Crippen LogP) is 3.31. The fraction of sp³-hybridized carbons (Fsp3) is 0.625. The van der Waals surface area contributed by atoms with Crippen molar-refractivity contribution >= 4 is 28.0 Å². The zero-order valence-corrected chi connectivity index (χ0v) is 21.8. The summed E-state index contributed by atoms with van der Waals surface area (Å²) >= 11 is 0. The molecule has 2 rings (SSSR count). The second-order valence-corrected chi connectivity index (χ2v) is 11.5.